The predicted molar refractivity (Wildman–Crippen MR) is 71.5 cm³/mol. The van der Waals surface area contributed by atoms with Crippen molar-refractivity contribution in [3.05, 3.63) is 35.9 Å². The van der Waals surface area contributed by atoms with Crippen LogP contribution in [0.5, 0.6) is 0 Å². The van der Waals surface area contributed by atoms with Crippen LogP contribution in [0.25, 0.3) is 5.57 Å². The maximum Gasteiger partial charge on any atom is -0.0121 e. The topological polar surface area (TPSA) is 0 Å². The molecular weight excluding hydrogens is 199 g/mol. The third-order valence-corrected chi connectivity index (χ3v) is 3.70. The van der Waals surface area contributed by atoms with E-state index in [-0.39, 0.29) is 0 Å². The molecule has 0 spiro atoms. The van der Waals surface area contributed by atoms with Gasteiger partial charge in [-0.3, -0.25) is 0 Å². The summed E-state index contributed by atoms with van der Waals surface area (Å²) in [6.45, 7) is 6.52. The highest BCUT2D eigenvalue weighted by Gasteiger charge is 2.24. The van der Waals surface area contributed by atoms with Gasteiger partial charge < -0.3 is 0 Å². The van der Waals surface area contributed by atoms with Crippen molar-refractivity contribution in [2.75, 3.05) is 0 Å². The quantitative estimate of drug-likeness (QED) is 0.680. The first kappa shape index (κ1) is 10.9. The lowest BCUT2D eigenvalue weighted by Crippen LogP contribution is -1.97. The van der Waals surface area contributed by atoms with Crippen molar-refractivity contribution in [1.29, 1.82) is 0 Å². The number of rotatable bonds is 3. The van der Waals surface area contributed by atoms with Crippen LogP contribution in [0.1, 0.15) is 37.3 Å². The molecule has 15 heavy (non-hydrogen) atoms. The second-order valence-corrected chi connectivity index (χ2v) is 5.15. The fraction of sp³-hybridized carbons (Fsp3) is 0.429. The van der Waals surface area contributed by atoms with Gasteiger partial charge in [0, 0.05) is 0 Å². The van der Waals surface area contributed by atoms with Crippen molar-refractivity contribution in [3.8, 4) is 0 Å². The maximum absolute atomic E-state index is 4.26. The standard InChI is InChI=1S/C14H19P/c1-3-4-5-11-8-12-6-7-13(15)9-14(12)10(11)2/h6-7,9,11H,2-5,8,15H2,1H3. The molecule has 0 saturated heterocycles. The largest absolute Gasteiger partial charge is 0.106 e. The Kier molecular flexibility index (Phi) is 3.26. The molecule has 0 heterocycles. The average Bonchev–Trinajstić information content (AvgIpc) is 2.53. The zero-order valence-electron chi connectivity index (χ0n) is 9.42. The zero-order valence-corrected chi connectivity index (χ0v) is 10.6. The normalized spacial score (nSPS) is 19.3. The summed E-state index contributed by atoms with van der Waals surface area (Å²) in [5, 5.41) is 1.27. The van der Waals surface area contributed by atoms with Gasteiger partial charge in [0.05, 0.1) is 0 Å². The first-order valence-electron chi connectivity index (χ1n) is 5.80. The molecule has 2 atom stereocenters. The minimum Gasteiger partial charge on any atom is -0.106 e. The summed E-state index contributed by atoms with van der Waals surface area (Å²) in [6.07, 6.45) is 5.12. The van der Waals surface area contributed by atoms with E-state index in [9.17, 15) is 0 Å². The molecule has 1 aromatic rings. The van der Waals surface area contributed by atoms with Gasteiger partial charge in [-0.1, -0.05) is 38.5 Å². The fourth-order valence-corrected chi connectivity index (χ4v) is 2.67. The number of hydrogen-bond acceptors (Lipinski definition) is 0. The third-order valence-electron chi connectivity index (χ3n) is 3.35. The highest BCUT2D eigenvalue weighted by molar-refractivity contribution is 7.27. The average molecular weight is 218 g/mol. The predicted octanol–water partition coefficient (Wildman–Crippen LogP) is 3.56. The number of allylic oxidation sites excluding steroid dienone is 1. The Morgan fingerprint density at radius 3 is 3.00 bits per heavy atom. The van der Waals surface area contributed by atoms with Gasteiger partial charge in [-0.2, -0.15) is 0 Å². The number of unbranched alkanes of at least 4 members (excludes halogenated alkanes) is 1. The molecule has 0 bridgehead atoms. The summed E-state index contributed by atoms with van der Waals surface area (Å²) < 4.78 is 0. The van der Waals surface area contributed by atoms with Crippen LogP contribution in [0.15, 0.2) is 24.8 Å². The van der Waals surface area contributed by atoms with Crippen LogP contribution in [-0.4, -0.2) is 0 Å². The molecule has 2 rings (SSSR count). The molecule has 1 heteroatoms. The van der Waals surface area contributed by atoms with E-state index in [0.717, 1.165) is 0 Å². The molecule has 0 fully saturated rings. The zero-order chi connectivity index (χ0) is 10.8. The third kappa shape index (κ3) is 2.16. The van der Waals surface area contributed by atoms with Gasteiger partial charge in [0.15, 0.2) is 0 Å². The summed E-state index contributed by atoms with van der Waals surface area (Å²) in [4.78, 5) is 0. The molecule has 0 nitrogen and oxygen atoms in total. The van der Waals surface area contributed by atoms with E-state index >= 15 is 0 Å². The molecule has 80 valence electrons. The van der Waals surface area contributed by atoms with Gasteiger partial charge >= 0.3 is 0 Å². The summed E-state index contributed by atoms with van der Waals surface area (Å²) >= 11 is 0. The molecule has 1 aliphatic rings. The summed E-state index contributed by atoms with van der Waals surface area (Å²) in [5.41, 5.74) is 4.26. The molecule has 0 N–H and O–H groups in total. The lowest BCUT2D eigenvalue weighted by molar-refractivity contribution is 0.582. The van der Waals surface area contributed by atoms with Gasteiger partial charge in [-0.05, 0) is 46.8 Å². The Morgan fingerprint density at radius 2 is 2.27 bits per heavy atom. The molecule has 2 unspecified atom stereocenters. The van der Waals surface area contributed by atoms with Crippen molar-refractivity contribution >= 4 is 20.1 Å². The number of hydrogen-bond donors (Lipinski definition) is 0. The van der Waals surface area contributed by atoms with Crippen LogP contribution in [0.4, 0.5) is 0 Å². The lowest BCUT2D eigenvalue weighted by Gasteiger charge is -2.09. The van der Waals surface area contributed by atoms with Crippen molar-refractivity contribution in [2.45, 2.75) is 32.6 Å². The Labute approximate surface area is 95.0 Å². The first-order valence-corrected chi connectivity index (χ1v) is 6.37. The molecule has 1 aromatic carbocycles. The molecule has 0 saturated carbocycles. The van der Waals surface area contributed by atoms with Crippen LogP contribution in [0.2, 0.25) is 0 Å². The Balaban J connectivity index is 2.18. The van der Waals surface area contributed by atoms with Crippen molar-refractivity contribution in [2.24, 2.45) is 5.92 Å². The van der Waals surface area contributed by atoms with Gasteiger partial charge in [0.2, 0.25) is 0 Å². The van der Waals surface area contributed by atoms with Crippen LogP contribution < -0.4 is 5.30 Å². The Bertz CT molecular complexity index is 379. The van der Waals surface area contributed by atoms with E-state index in [0.29, 0.717) is 5.92 Å². The molecule has 0 amide bonds. The fourth-order valence-electron chi connectivity index (χ4n) is 2.41. The van der Waals surface area contributed by atoms with Gasteiger partial charge in [-0.15, -0.1) is 9.24 Å². The lowest BCUT2D eigenvalue weighted by atomic mass is 9.95. The van der Waals surface area contributed by atoms with E-state index in [1.807, 2.05) is 0 Å². The maximum atomic E-state index is 4.26. The highest BCUT2D eigenvalue weighted by atomic mass is 31.0. The summed E-state index contributed by atoms with van der Waals surface area (Å²) in [6, 6.07) is 6.70. The molecule has 0 aromatic heterocycles. The molecule has 0 radical (unpaired) electrons. The molecule has 0 aliphatic heterocycles. The van der Waals surface area contributed by atoms with Gasteiger partial charge in [0.1, 0.15) is 0 Å². The Hall–Kier alpha value is -0.610. The minimum absolute atomic E-state index is 0.701. The van der Waals surface area contributed by atoms with Crippen LogP contribution in [0, 0.1) is 5.92 Å². The second kappa shape index (κ2) is 4.49. The van der Waals surface area contributed by atoms with E-state index in [1.54, 1.807) is 0 Å². The first-order chi connectivity index (χ1) is 7.22. The van der Waals surface area contributed by atoms with Crippen molar-refractivity contribution in [1.82, 2.24) is 0 Å². The Morgan fingerprint density at radius 1 is 1.47 bits per heavy atom. The molecule has 1 aliphatic carbocycles. The van der Waals surface area contributed by atoms with Gasteiger partial charge in [0.25, 0.3) is 0 Å². The number of benzene rings is 1. The van der Waals surface area contributed by atoms with E-state index in [1.165, 1.54) is 47.7 Å². The van der Waals surface area contributed by atoms with E-state index < -0.39 is 0 Å². The van der Waals surface area contributed by atoms with Crippen LogP contribution in [0.3, 0.4) is 0 Å². The second-order valence-electron chi connectivity index (χ2n) is 4.49. The van der Waals surface area contributed by atoms with Gasteiger partial charge in [-0.25, -0.2) is 0 Å². The highest BCUT2D eigenvalue weighted by Crippen LogP contribution is 2.38. The van der Waals surface area contributed by atoms with Crippen LogP contribution in [-0.2, 0) is 6.42 Å². The molecular formula is C14H19P. The van der Waals surface area contributed by atoms with Crippen LogP contribution >= 0.6 is 9.24 Å². The summed E-state index contributed by atoms with van der Waals surface area (Å²) in [7, 11) is 2.77. The minimum atomic E-state index is 0.701. The number of fused-ring (bicyclic) bond motifs is 1. The smallest absolute Gasteiger partial charge is 0.0121 e. The van der Waals surface area contributed by atoms with E-state index in [4.69, 9.17) is 0 Å². The summed E-state index contributed by atoms with van der Waals surface area (Å²) in [5.74, 6) is 0.701. The van der Waals surface area contributed by atoms with Crippen molar-refractivity contribution < 1.29 is 0 Å². The van der Waals surface area contributed by atoms with E-state index in [2.05, 4.69) is 40.9 Å². The monoisotopic (exact) mass is 218 g/mol. The SMILES string of the molecule is C=C1c2cc(P)ccc2CC1CCCC. The van der Waals surface area contributed by atoms with Crippen molar-refractivity contribution in [3.63, 3.8) is 0 Å².